The first-order chi connectivity index (χ1) is 8.24. The Morgan fingerprint density at radius 1 is 1.12 bits per heavy atom. The molecule has 0 saturated carbocycles. The molecule has 0 atom stereocenters. The number of aromatic nitrogens is 1. The lowest BCUT2D eigenvalue weighted by molar-refractivity contribution is 0.518. The number of hydrogen-bond donors (Lipinski definition) is 1. The molecule has 2 heterocycles. The molecule has 1 aromatic heterocycles. The zero-order valence-electron chi connectivity index (χ0n) is 10.5. The van der Waals surface area contributed by atoms with Crippen molar-refractivity contribution in [2.45, 2.75) is 26.9 Å². The van der Waals surface area contributed by atoms with Crippen molar-refractivity contribution >= 4 is 0 Å². The van der Waals surface area contributed by atoms with E-state index in [0.29, 0.717) is 0 Å². The molecule has 0 aliphatic carbocycles. The van der Waals surface area contributed by atoms with Gasteiger partial charge >= 0.3 is 0 Å². The van der Waals surface area contributed by atoms with Gasteiger partial charge in [0.1, 0.15) is 0 Å². The lowest BCUT2D eigenvalue weighted by Gasteiger charge is -2.18. The van der Waals surface area contributed by atoms with Gasteiger partial charge in [-0.3, -0.25) is 0 Å². The summed E-state index contributed by atoms with van der Waals surface area (Å²) in [5, 5.41) is 3.45. The molecule has 0 radical (unpaired) electrons. The maximum Gasteiger partial charge on any atom is 0.0394 e. The number of hydrogen-bond acceptors (Lipinski definition) is 1. The van der Waals surface area contributed by atoms with Crippen LogP contribution >= 0.6 is 0 Å². The molecule has 0 saturated heterocycles. The molecule has 2 heteroatoms. The standard InChI is InChI=1S/C15H18N2/c1-11-7-12(2)9-13(8-11)14-3-5-17-6-4-16-10-15(14)17/h3,5,7-9,16H,4,6,10H2,1-2H3. The quantitative estimate of drug-likeness (QED) is 0.791. The van der Waals surface area contributed by atoms with Crippen molar-refractivity contribution in [2.24, 2.45) is 0 Å². The average Bonchev–Trinajstić information content (AvgIpc) is 2.71. The van der Waals surface area contributed by atoms with Crippen LogP contribution in [-0.4, -0.2) is 11.1 Å². The summed E-state index contributed by atoms with van der Waals surface area (Å²) >= 11 is 0. The third kappa shape index (κ3) is 1.89. The summed E-state index contributed by atoms with van der Waals surface area (Å²) in [6, 6.07) is 9.02. The minimum Gasteiger partial charge on any atom is -0.348 e. The van der Waals surface area contributed by atoms with Crippen LogP contribution in [0.4, 0.5) is 0 Å². The maximum absolute atomic E-state index is 3.45. The second kappa shape index (κ2) is 4.04. The van der Waals surface area contributed by atoms with Crippen LogP contribution in [0.3, 0.4) is 0 Å². The van der Waals surface area contributed by atoms with Crippen LogP contribution in [0.25, 0.3) is 11.1 Å². The van der Waals surface area contributed by atoms with Crippen molar-refractivity contribution in [2.75, 3.05) is 6.54 Å². The van der Waals surface area contributed by atoms with Gasteiger partial charge in [0, 0.05) is 37.1 Å². The third-order valence-corrected chi connectivity index (χ3v) is 3.43. The van der Waals surface area contributed by atoms with E-state index in [2.05, 4.69) is 54.2 Å². The third-order valence-electron chi connectivity index (χ3n) is 3.43. The van der Waals surface area contributed by atoms with E-state index in [-0.39, 0.29) is 0 Å². The second-order valence-corrected chi connectivity index (χ2v) is 4.92. The van der Waals surface area contributed by atoms with Gasteiger partial charge in [-0.05, 0) is 25.5 Å². The Bertz CT molecular complexity index is 532. The van der Waals surface area contributed by atoms with Crippen LogP contribution in [0.1, 0.15) is 16.8 Å². The maximum atomic E-state index is 3.45. The summed E-state index contributed by atoms with van der Waals surface area (Å²) in [6.07, 6.45) is 2.21. The summed E-state index contributed by atoms with van der Waals surface area (Å²) < 4.78 is 2.36. The van der Waals surface area contributed by atoms with E-state index in [9.17, 15) is 0 Å². The van der Waals surface area contributed by atoms with Crippen LogP contribution in [0.5, 0.6) is 0 Å². The van der Waals surface area contributed by atoms with E-state index in [4.69, 9.17) is 0 Å². The highest BCUT2D eigenvalue weighted by Gasteiger charge is 2.14. The number of nitrogens with one attached hydrogen (secondary N) is 1. The SMILES string of the molecule is Cc1cc(C)cc(-c2ccn3c2CNCC3)c1. The predicted molar refractivity (Wildman–Crippen MR) is 71.0 cm³/mol. The fraction of sp³-hybridized carbons (Fsp3) is 0.333. The summed E-state index contributed by atoms with van der Waals surface area (Å²) in [7, 11) is 0. The number of benzene rings is 1. The van der Waals surface area contributed by atoms with Gasteiger partial charge in [0.2, 0.25) is 0 Å². The van der Waals surface area contributed by atoms with Gasteiger partial charge in [-0.25, -0.2) is 0 Å². The first kappa shape index (κ1) is 10.6. The average molecular weight is 226 g/mol. The molecule has 2 aromatic rings. The summed E-state index contributed by atoms with van der Waals surface area (Å²) in [6.45, 7) is 7.47. The Morgan fingerprint density at radius 2 is 1.88 bits per heavy atom. The molecule has 0 fully saturated rings. The fourth-order valence-electron chi connectivity index (χ4n) is 2.71. The largest absolute Gasteiger partial charge is 0.348 e. The van der Waals surface area contributed by atoms with E-state index in [1.807, 2.05) is 0 Å². The highest BCUT2D eigenvalue weighted by molar-refractivity contribution is 5.68. The van der Waals surface area contributed by atoms with Crippen LogP contribution in [0, 0.1) is 13.8 Å². The number of fused-ring (bicyclic) bond motifs is 1. The monoisotopic (exact) mass is 226 g/mol. The number of nitrogens with zero attached hydrogens (tertiary/aromatic N) is 1. The molecule has 3 rings (SSSR count). The molecule has 1 aromatic carbocycles. The molecule has 17 heavy (non-hydrogen) atoms. The smallest absolute Gasteiger partial charge is 0.0394 e. The number of rotatable bonds is 1. The van der Waals surface area contributed by atoms with Gasteiger partial charge in [-0.2, -0.15) is 0 Å². The molecule has 88 valence electrons. The van der Waals surface area contributed by atoms with Gasteiger partial charge in [0.25, 0.3) is 0 Å². The van der Waals surface area contributed by atoms with Gasteiger partial charge in [0.05, 0.1) is 0 Å². The summed E-state index contributed by atoms with van der Waals surface area (Å²) in [4.78, 5) is 0. The Hall–Kier alpha value is -1.54. The zero-order chi connectivity index (χ0) is 11.8. The second-order valence-electron chi connectivity index (χ2n) is 4.92. The Balaban J connectivity index is 2.11. The first-order valence-electron chi connectivity index (χ1n) is 6.21. The predicted octanol–water partition coefficient (Wildman–Crippen LogP) is 2.88. The molecular formula is C15H18N2. The Kier molecular flexibility index (Phi) is 2.52. The normalized spacial score (nSPS) is 14.7. The molecule has 1 aliphatic rings. The van der Waals surface area contributed by atoms with Crippen molar-refractivity contribution in [1.82, 2.24) is 9.88 Å². The van der Waals surface area contributed by atoms with Crippen LogP contribution in [0.15, 0.2) is 30.5 Å². The minimum atomic E-state index is 0.981. The van der Waals surface area contributed by atoms with Crippen molar-refractivity contribution < 1.29 is 0 Å². The molecule has 2 nitrogen and oxygen atoms in total. The van der Waals surface area contributed by atoms with Crippen molar-refractivity contribution in [1.29, 1.82) is 0 Å². The van der Waals surface area contributed by atoms with Crippen molar-refractivity contribution in [3.63, 3.8) is 0 Å². The van der Waals surface area contributed by atoms with Gasteiger partial charge in [0.15, 0.2) is 0 Å². The van der Waals surface area contributed by atoms with Crippen LogP contribution in [-0.2, 0) is 13.1 Å². The molecule has 0 amide bonds. The molecule has 1 N–H and O–H groups in total. The highest BCUT2D eigenvalue weighted by Crippen LogP contribution is 2.27. The molecular weight excluding hydrogens is 208 g/mol. The molecule has 0 spiro atoms. The Morgan fingerprint density at radius 3 is 2.65 bits per heavy atom. The lowest BCUT2D eigenvalue weighted by atomic mass is 10.0. The van der Waals surface area contributed by atoms with E-state index in [1.165, 1.54) is 27.9 Å². The van der Waals surface area contributed by atoms with Crippen molar-refractivity contribution in [3.8, 4) is 11.1 Å². The summed E-state index contributed by atoms with van der Waals surface area (Å²) in [5.74, 6) is 0. The fourth-order valence-corrected chi connectivity index (χ4v) is 2.71. The lowest BCUT2D eigenvalue weighted by Crippen LogP contribution is -2.27. The van der Waals surface area contributed by atoms with E-state index < -0.39 is 0 Å². The van der Waals surface area contributed by atoms with E-state index >= 15 is 0 Å². The zero-order valence-corrected chi connectivity index (χ0v) is 10.5. The Labute approximate surface area is 102 Å². The molecule has 1 aliphatic heterocycles. The number of aryl methyl sites for hydroxylation is 2. The van der Waals surface area contributed by atoms with Crippen molar-refractivity contribution in [3.05, 3.63) is 47.3 Å². The topological polar surface area (TPSA) is 17.0 Å². The van der Waals surface area contributed by atoms with Gasteiger partial charge < -0.3 is 9.88 Å². The van der Waals surface area contributed by atoms with E-state index in [0.717, 1.165) is 19.6 Å². The minimum absolute atomic E-state index is 0.981. The summed E-state index contributed by atoms with van der Waals surface area (Å²) in [5.41, 5.74) is 6.82. The van der Waals surface area contributed by atoms with Gasteiger partial charge in [-0.1, -0.05) is 29.3 Å². The molecule has 0 bridgehead atoms. The van der Waals surface area contributed by atoms with Crippen LogP contribution in [0.2, 0.25) is 0 Å². The molecule has 0 unspecified atom stereocenters. The van der Waals surface area contributed by atoms with Crippen LogP contribution < -0.4 is 5.32 Å². The van der Waals surface area contributed by atoms with E-state index in [1.54, 1.807) is 0 Å². The van der Waals surface area contributed by atoms with Gasteiger partial charge in [-0.15, -0.1) is 0 Å². The highest BCUT2D eigenvalue weighted by atomic mass is 15.1. The first-order valence-corrected chi connectivity index (χ1v) is 6.21.